The molecule has 2 aromatic carbocycles. The minimum Gasteiger partial charge on any atom is -0.384 e. The minimum atomic E-state index is -3.59. The number of aromatic nitrogens is 2. The molecule has 0 saturated carbocycles. The molecule has 0 aliphatic carbocycles. The molecule has 0 fully saturated rings. The summed E-state index contributed by atoms with van der Waals surface area (Å²) in [7, 11) is -7.09. The summed E-state index contributed by atoms with van der Waals surface area (Å²) in [5, 5.41) is 3.12. The average molecular weight is 422 g/mol. The minimum absolute atomic E-state index is 0.0220. The van der Waals surface area contributed by atoms with Crippen molar-refractivity contribution in [1.29, 1.82) is 0 Å². The molecule has 3 aromatic rings. The van der Waals surface area contributed by atoms with E-state index < -0.39 is 19.7 Å². The van der Waals surface area contributed by atoms with E-state index in [4.69, 9.17) is 0 Å². The molecule has 9 heteroatoms. The Morgan fingerprint density at radius 1 is 1.00 bits per heavy atom. The monoisotopic (exact) mass is 421 g/mol. The lowest BCUT2D eigenvalue weighted by molar-refractivity contribution is 0.600. The largest absolute Gasteiger partial charge is 0.384 e. The first-order valence-corrected chi connectivity index (χ1v) is 12.6. The topological polar surface area (TPSA) is 98.1 Å². The number of fused-ring (bicyclic) bond motifs is 1. The van der Waals surface area contributed by atoms with Crippen molar-refractivity contribution in [1.82, 2.24) is 9.55 Å². The highest BCUT2D eigenvalue weighted by molar-refractivity contribution is 7.91. The van der Waals surface area contributed by atoms with Gasteiger partial charge in [0.2, 0.25) is 0 Å². The molecule has 1 heterocycles. The molecule has 0 aliphatic heterocycles. The molecule has 0 aliphatic rings. The van der Waals surface area contributed by atoms with Crippen LogP contribution in [-0.4, -0.2) is 45.4 Å². The van der Waals surface area contributed by atoms with Gasteiger partial charge < -0.3 is 9.88 Å². The summed E-state index contributed by atoms with van der Waals surface area (Å²) in [4.78, 5) is 4.61. The molecular formula is C19H23N3O4S2. The SMILES string of the molecule is CCn1c(CCNc2ccc(S(C)(=O)=O)cc2S(C)(=O)=O)nc2ccccc21. The van der Waals surface area contributed by atoms with Crippen LogP contribution < -0.4 is 5.32 Å². The Morgan fingerprint density at radius 3 is 2.36 bits per heavy atom. The second-order valence-corrected chi connectivity index (χ2v) is 10.6. The van der Waals surface area contributed by atoms with Gasteiger partial charge in [0.1, 0.15) is 5.82 Å². The third-order valence-corrected chi connectivity index (χ3v) is 6.74. The van der Waals surface area contributed by atoms with Crippen molar-refractivity contribution in [2.45, 2.75) is 29.7 Å². The van der Waals surface area contributed by atoms with Gasteiger partial charge >= 0.3 is 0 Å². The third kappa shape index (κ3) is 4.20. The van der Waals surface area contributed by atoms with Gasteiger partial charge in [-0.25, -0.2) is 21.8 Å². The van der Waals surface area contributed by atoms with Gasteiger partial charge in [0, 0.05) is 32.0 Å². The van der Waals surface area contributed by atoms with Gasteiger partial charge in [-0.05, 0) is 37.3 Å². The van der Waals surface area contributed by atoms with E-state index >= 15 is 0 Å². The molecule has 1 aromatic heterocycles. The standard InChI is InChI=1S/C19H23N3O4S2/c1-4-22-17-8-6-5-7-15(17)21-19(22)11-12-20-16-10-9-14(27(2,23)24)13-18(16)28(3,25)26/h5-10,13,20H,4,11-12H2,1-3H3. The van der Waals surface area contributed by atoms with E-state index in [0.29, 0.717) is 18.7 Å². The van der Waals surface area contributed by atoms with Crippen molar-refractivity contribution < 1.29 is 16.8 Å². The molecule has 0 unspecified atom stereocenters. The molecule has 1 N–H and O–H groups in total. The van der Waals surface area contributed by atoms with Gasteiger partial charge in [-0.2, -0.15) is 0 Å². The van der Waals surface area contributed by atoms with Crippen LogP contribution in [0.2, 0.25) is 0 Å². The van der Waals surface area contributed by atoms with Crippen LogP contribution in [0.4, 0.5) is 5.69 Å². The van der Waals surface area contributed by atoms with Gasteiger partial charge in [-0.3, -0.25) is 0 Å². The van der Waals surface area contributed by atoms with Gasteiger partial charge in [-0.15, -0.1) is 0 Å². The molecule has 0 spiro atoms. The molecule has 28 heavy (non-hydrogen) atoms. The number of aryl methyl sites for hydroxylation is 1. The number of imidazole rings is 1. The maximum Gasteiger partial charge on any atom is 0.177 e. The van der Waals surface area contributed by atoms with Crippen molar-refractivity contribution in [2.24, 2.45) is 0 Å². The Labute approximate surface area is 165 Å². The Balaban J connectivity index is 1.86. The van der Waals surface area contributed by atoms with Crippen molar-refractivity contribution in [3.05, 3.63) is 48.3 Å². The second-order valence-electron chi connectivity index (χ2n) is 6.64. The summed E-state index contributed by atoms with van der Waals surface area (Å²) in [6.07, 6.45) is 2.71. The first-order valence-electron chi connectivity index (χ1n) is 8.83. The molecule has 0 saturated heterocycles. The number of nitrogens with zero attached hydrogens (tertiary/aromatic N) is 2. The van der Waals surface area contributed by atoms with E-state index in [1.807, 2.05) is 24.3 Å². The van der Waals surface area contributed by atoms with Crippen molar-refractivity contribution in [3.8, 4) is 0 Å². The molecule has 0 bridgehead atoms. The average Bonchev–Trinajstić information content (AvgIpc) is 2.97. The van der Waals surface area contributed by atoms with Crippen LogP contribution in [-0.2, 0) is 32.6 Å². The first-order chi connectivity index (χ1) is 13.1. The molecule has 3 rings (SSSR count). The molecular weight excluding hydrogens is 398 g/mol. The Morgan fingerprint density at radius 2 is 1.71 bits per heavy atom. The Kier molecular flexibility index (Phi) is 5.49. The van der Waals surface area contributed by atoms with Crippen LogP contribution in [0.3, 0.4) is 0 Å². The van der Waals surface area contributed by atoms with Crippen molar-refractivity contribution >= 4 is 36.4 Å². The summed E-state index contributed by atoms with van der Waals surface area (Å²) in [5.41, 5.74) is 2.37. The molecule has 0 radical (unpaired) electrons. The predicted octanol–water partition coefficient (Wildman–Crippen LogP) is 2.52. The smallest absolute Gasteiger partial charge is 0.177 e. The van der Waals surface area contributed by atoms with Gasteiger partial charge in [-0.1, -0.05) is 12.1 Å². The Hall–Kier alpha value is -2.39. The van der Waals surface area contributed by atoms with E-state index in [9.17, 15) is 16.8 Å². The van der Waals surface area contributed by atoms with Crippen molar-refractivity contribution in [3.63, 3.8) is 0 Å². The molecule has 150 valence electrons. The summed E-state index contributed by atoms with van der Waals surface area (Å²) < 4.78 is 49.9. The fraction of sp³-hybridized carbons (Fsp3) is 0.316. The van der Waals surface area contributed by atoms with Crippen LogP contribution in [0, 0.1) is 0 Å². The number of benzene rings is 2. The number of hydrogen-bond acceptors (Lipinski definition) is 6. The van der Waals surface area contributed by atoms with E-state index in [0.717, 1.165) is 35.9 Å². The van der Waals surface area contributed by atoms with E-state index in [-0.39, 0.29) is 9.79 Å². The number of nitrogens with one attached hydrogen (secondary N) is 1. The highest BCUT2D eigenvalue weighted by atomic mass is 32.2. The van der Waals surface area contributed by atoms with E-state index in [2.05, 4.69) is 21.8 Å². The summed E-state index contributed by atoms with van der Waals surface area (Å²) >= 11 is 0. The normalized spacial score (nSPS) is 12.4. The number of sulfone groups is 2. The first kappa shape index (κ1) is 20.3. The van der Waals surface area contributed by atoms with Crippen LogP contribution in [0.5, 0.6) is 0 Å². The zero-order valence-corrected chi connectivity index (χ0v) is 17.6. The number of rotatable bonds is 7. The second kappa shape index (κ2) is 7.56. The lowest BCUT2D eigenvalue weighted by atomic mass is 10.3. The highest BCUT2D eigenvalue weighted by Crippen LogP contribution is 2.25. The van der Waals surface area contributed by atoms with Crippen LogP contribution in [0.15, 0.2) is 52.3 Å². The quantitative estimate of drug-likeness (QED) is 0.629. The zero-order valence-electron chi connectivity index (χ0n) is 16.0. The summed E-state index contributed by atoms with van der Waals surface area (Å²) in [6.45, 7) is 3.30. The van der Waals surface area contributed by atoms with Crippen LogP contribution in [0.25, 0.3) is 11.0 Å². The molecule has 0 amide bonds. The van der Waals surface area contributed by atoms with E-state index in [1.165, 1.54) is 18.2 Å². The number of anilines is 1. The summed E-state index contributed by atoms with van der Waals surface area (Å²) in [5.74, 6) is 0.907. The highest BCUT2D eigenvalue weighted by Gasteiger charge is 2.18. The lowest BCUT2D eigenvalue weighted by Crippen LogP contribution is -2.13. The Bertz CT molecular complexity index is 1230. The molecule has 0 atom stereocenters. The zero-order chi connectivity index (χ0) is 20.5. The lowest BCUT2D eigenvalue weighted by Gasteiger charge is -2.13. The molecule has 7 nitrogen and oxygen atoms in total. The number of para-hydroxylation sites is 2. The van der Waals surface area contributed by atoms with Crippen LogP contribution >= 0.6 is 0 Å². The maximum atomic E-state index is 12.1. The van der Waals surface area contributed by atoms with E-state index in [1.54, 1.807) is 0 Å². The van der Waals surface area contributed by atoms with Crippen LogP contribution in [0.1, 0.15) is 12.7 Å². The fourth-order valence-electron chi connectivity index (χ4n) is 3.16. The van der Waals surface area contributed by atoms with Gasteiger partial charge in [0.25, 0.3) is 0 Å². The van der Waals surface area contributed by atoms with Gasteiger partial charge in [0.15, 0.2) is 19.7 Å². The van der Waals surface area contributed by atoms with Gasteiger partial charge in [0.05, 0.1) is 26.5 Å². The maximum absolute atomic E-state index is 12.1. The summed E-state index contributed by atoms with van der Waals surface area (Å²) in [6, 6.07) is 12.0. The number of hydrogen-bond donors (Lipinski definition) is 1. The predicted molar refractivity (Wildman–Crippen MR) is 110 cm³/mol. The fourth-order valence-corrected chi connectivity index (χ4v) is 4.77. The van der Waals surface area contributed by atoms with Crippen molar-refractivity contribution in [2.75, 3.05) is 24.4 Å². The third-order valence-electron chi connectivity index (χ3n) is 4.49.